The minimum Gasteiger partial charge on any atom is -0.381 e. The first kappa shape index (κ1) is 10.4. The molecule has 0 saturated carbocycles. The maximum absolute atomic E-state index is 13.6. The molecule has 0 radical (unpaired) electrons. The van der Waals surface area contributed by atoms with Crippen molar-refractivity contribution in [3.8, 4) is 11.3 Å². The third-order valence-corrected chi connectivity index (χ3v) is 2.95. The number of nitrogens with zero attached hydrogens (tertiary/aromatic N) is 2. The van der Waals surface area contributed by atoms with Crippen molar-refractivity contribution in [3.05, 3.63) is 28.2 Å². The first-order chi connectivity index (χ1) is 7.11. The van der Waals surface area contributed by atoms with E-state index in [-0.39, 0.29) is 21.5 Å². The van der Waals surface area contributed by atoms with Crippen LogP contribution in [-0.2, 0) is 0 Å². The van der Waals surface area contributed by atoms with Gasteiger partial charge in [0, 0.05) is 0 Å². The zero-order valence-corrected chi connectivity index (χ0v) is 9.57. The van der Waals surface area contributed by atoms with E-state index < -0.39 is 11.6 Å². The van der Waals surface area contributed by atoms with Crippen molar-refractivity contribution in [1.29, 1.82) is 0 Å². The predicted molar refractivity (Wildman–Crippen MR) is 57.4 cm³/mol. The fraction of sp³-hybridized carbons (Fsp3) is 0. The van der Waals surface area contributed by atoms with Crippen LogP contribution in [0.1, 0.15) is 0 Å². The molecule has 0 amide bonds. The molecule has 2 aromatic rings. The van der Waals surface area contributed by atoms with Crippen LogP contribution in [0.5, 0.6) is 0 Å². The lowest BCUT2D eigenvalue weighted by atomic mass is 10.1. The fourth-order valence-corrected chi connectivity index (χ4v) is 1.93. The molecular weight excluding hydrogens is 288 g/mol. The van der Waals surface area contributed by atoms with E-state index in [1.807, 2.05) is 0 Å². The van der Waals surface area contributed by atoms with Crippen LogP contribution in [-0.4, -0.2) is 8.75 Å². The quantitative estimate of drug-likeness (QED) is 0.822. The largest absolute Gasteiger partial charge is 0.381 e. The van der Waals surface area contributed by atoms with Gasteiger partial charge in [0.25, 0.3) is 0 Å². The Morgan fingerprint density at radius 1 is 1.27 bits per heavy atom. The molecule has 2 N–H and O–H groups in total. The maximum Gasteiger partial charge on any atom is 0.165 e. The Bertz CT molecular complexity index is 515. The van der Waals surface area contributed by atoms with Crippen molar-refractivity contribution in [2.45, 2.75) is 0 Å². The number of benzene rings is 1. The highest BCUT2D eigenvalue weighted by atomic mass is 79.9. The molecule has 0 saturated heterocycles. The van der Waals surface area contributed by atoms with Gasteiger partial charge in [-0.1, -0.05) is 0 Å². The Morgan fingerprint density at radius 3 is 2.60 bits per heavy atom. The van der Waals surface area contributed by atoms with Crippen molar-refractivity contribution in [2.24, 2.45) is 0 Å². The number of nitrogens with two attached hydrogens (primary N) is 1. The molecule has 0 aliphatic carbocycles. The molecule has 0 fully saturated rings. The van der Waals surface area contributed by atoms with Crippen LogP contribution in [0.4, 0.5) is 14.6 Å². The molecule has 0 bridgehead atoms. The van der Waals surface area contributed by atoms with Gasteiger partial charge >= 0.3 is 0 Å². The number of hydrogen-bond donors (Lipinski definition) is 1. The van der Waals surface area contributed by atoms with Gasteiger partial charge in [-0.25, -0.2) is 8.78 Å². The third kappa shape index (κ3) is 1.72. The van der Waals surface area contributed by atoms with E-state index in [4.69, 9.17) is 5.73 Å². The highest BCUT2D eigenvalue weighted by molar-refractivity contribution is 9.10. The Balaban J connectivity index is 2.72. The van der Waals surface area contributed by atoms with E-state index >= 15 is 0 Å². The van der Waals surface area contributed by atoms with Gasteiger partial charge in [-0.15, -0.1) is 0 Å². The smallest absolute Gasteiger partial charge is 0.165 e. The molecule has 0 spiro atoms. The van der Waals surface area contributed by atoms with Gasteiger partial charge in [0.15, 0.2) is 5.82 Å². The second kappa shape index (κ2) is 3.82. The Morgan fingerprint density at radius 2 is 2.00 bits per heavy atom. The lowest BCUT2D eigenvalue weighted by molar-refractivity contribution is 0.585. The summed E-state index contributed by atoms with van der Waals surface area (Å²) < 4.78 is 34.6. The normalized spacial score (nSPS) is 10.6. The summed E-state index contributed by atoms with van der Waals surface area (Å²) in [5.41, 5.74) is 5.23. The summed E-state index contributed by atoms with van der Waals surface area (Å²) in [7, 11) is 0. The first-order valence-electron chi connectivity index (χ1n) is 3.83. The summed E-state index contributed by atoms with van der Waals surface area (Å²) in [5, 5.41) is 0. The summed E-state index contributed by atoms with van der Waals surface area (Å²) in [4.78, 5) is 0. The molecule has 2 rings (SSSR count). The van der Waals surface area contributed by atoms with Crippen LogP contribution in [0.25, 0.3) is 11.3 Å². The number of nitrogen functional groups attached to an aromatic ring is 1. The number of rotatable bonds is 1. The summed E-state index contributed by atoms with van der Waals surface area (Å²) in [5.74, 6) is -1.42. The van der Waals surface area contributed by atoms with Crippen molar-refractivity contribution in [3.63, 3.8) is 0 Å². The molecule has 15 heavy (non-hydrogen) atoms. The van der Waals surface area contributed by atoms with Crippen molar-refractivity contribution < 1.29 is 8.78 Å². The summed E-state index contributed by atoms with van der Waals surface area (Å²) in [6, 6.07) is 2.42. The molecule has 0 atom stereocenters. The van der Waals surface area contributed by atoms with Gasteiger partial charge in [-0.3, -0.25) is 0 Å². The van der Waals surface area contributed by atoms with Crippen LogP contribution in [0.15, 0.2) is 16.6 Å². The number of aromatic nitrogens is 2. The SMILES string of the molecule is Nc1nsnc1-c1c(F)ccc(Br)c1F. The van der Waals surface area contributed by atoms with Gasteiger partial charge in [-0.2, -0.15) is 8.75 Å². The number of halogens is 3. The lowest BCUT2D eigenvalue weighted by Crippen LogP contribution is -1.95. The Hall–Kier alpha value is -1.08. The van der Waals surface area contributed by atoms with Gasteiger partial charge < -0.3 is 5.73 Å². The topological polar surface area (TPSA) is 51.8 Å². The molecule has 0 aliphatic heterocycles. The van der Waals surface area contributed by atoms with E-state index in [1.54, 1.807) is 0 Å². The van der Waals surface area contributed by atoms with Crippen LogP contribution in [0.2, 0.25) is 0 Å². The van der Waals surface area contributed by atoms with E-state index in [0.717, 1.165) is 17.8 Å². The minimum absolute atomic E-state index is 0.0240. The standard InChI is InChI=1S/C8H4BrF2N3S/c9-3-1-2-4(10)5(6(3)11)7-8(12)14-15-13-7/h1-2H,(H2,12,14). The second-order valence-corrected chi connectivity index (χ2v) is 4.10. The number of anilines is 1. The van der Waals surface area contributed by atoms with E-state index in [2.05, 4.69) is 24.7 Å². The second-order valence-electron chi connectivity index (χ2n) is 2.72. The van der Waals surface area contributed by atoms with Gasteiger partial charge in [0.1, 0.15) is 17.3 Å². The van der Waals surface area contributed by atoms with Crippen LogP contribution >= 0.6 is 27.7 Å². The average Bonchev–Trinajstić information content (AvgIpc) is 2.60. The summed E-state index contributed by atoms with van der Waals surface area (Å²) in [6.07, 6.45) is 0. The Kier molecular flexibility index (Phi) is 2.66. The van der Waals surface area contributed by atoms with Crippen LogP contribution in [0.3, 0.4) is 0 Å². The van der Waals surface area contributed by atoms with Gasteiger partial charge in [0.2, 0.25) is 0 Å². The molecule has 1 heterocycles. The van der Waals surface area contributed by atoms with Crippen molar-refractivity contribution >= 4 is 33.5 Å². The highest BCUT2D eigenvalue weighted by Gasteiger charge is 2.19. The monoisotopic (exact) mass is 291 g/mol. The van der Waals surface area contributed by atoms with Crippen LogP contribution in [0, 0.1) is 11.6 Å². The molecular formula is C8H4BrF2N3S. The molecule has 7 heteroatoms. The summed E-state index contributed by atoms with van der Waals surface area (Å²) in [6.45, 7) is 0. The van der Waals surface area contributed by atoms with Gasteiger partial charge in [0.05, 0.1) is 21.8 Å². The predicted octanol–water partition coefficient (Wildman–Crippen LogP) is 2.83. The summed E-state index contributed by atoms with van der Waals surface area (Å²) >= 11 is 3.77. The maximum atomic E-state index is 13.6. The highest BCUT2D eigenvalue weighted by Crippen LogP contribution is 2.32. The number of hydrogen-bond acceptors (Lipinski definition) is 4. The molecule has 3 nitrogen and oxygen atoms in total. The molecule has 0 unspecified atom stereocenters. The van der Waals surface area contributed by atoms with Gasteiger partial charge in [-0.05, 0) is 28.1 Å². The molecule has 1 aromatic heterocycles. The van der Waals surface area contributed by atoms with E-state index in [1.165, 1.54) is 6.07 Å². The third-order valence-electron chi connectivity index (χ3n) is 1.79. The van der Waals surface area contributed by atoms with Crippen molar-refractivity contribution in [1.82, 2.24) is 8.75 Å². The Labute approximate surface area is 96.4 Å². The first-order valence-corrected chi connectivity index (χ1v) is 5.35. The lowest BCUT2D eigenvalue weighted by Gasteiger charge is -2.03. The zero-order chi connectivity index (χ0) is 11.0. The molecule has 0 aliphatic rings. The van der Waals surface area contributed by atoms with E-state index in [0.29, 0.717) is 0 Å². The fourth-order valence-electron chi connectivity index (χ4n) is 1.11. The van der Waals surface area contributed by atoms with E-state index in [9.17, 15) is 8.78 Å². The minimum atomic E-state index is -0.727. The van der Waals surface area contributed by atoms with Crippen molar-refractivity contribution in [2.75, 3.05) is 5.73 Å². The molecule has 1 aromatic carbocycles. The van der Waals surface area contributed by atoms with Crippen LogP contribution < -0.4 is 5.73 Å². The zero-order valence-electron chi connectivity index (χ0n) is 7.17. The molecule has 78 valence electrons. The average molecular weight is 292 g/mol.